The summed E-state index contributed by atoms with van der Waals surface area (Å²) in [4.78, 5) is 11.8. The highest BCUT2D eigenvalue weighted by Gasteiger charge is 2.39. The smallest absolute Gasteiger partial charge is 0.374 e. The summed E-state index contributed by atoms with van der Waals surface area (Å²) >= 11 is 1.61. The number of rotatable bonds is 12. The highest BCUT2D eigenvalue weighted by molar-refractivity contribution is 7.08. The molecule has 0 aliphatic rings. The Morgan fingerprint density at radius 1 is 1.18 bits per heavy atom. The molecule has 0 bridgehead atoms. The molecule has 0 fully saturated rings. The molecule has 0 saturated heterocycles. The van der Waals surface area contributed by atoms with E-state index in [0.717, 1.165) is 18.0 Å². The Morgan fingerprint density at radius 2 is 1.82 bits per heavy atom. The van der Waals surface area contributed by atoms with E-state index in [1.54, 1.807) is 11.3 Å². The van der Waals surface area contributed by atoms with Gasteiger partial charge in [0, 0.05) is 32.4 Å². The molecule has 0 unspecified atom stereocenters. The maximum absolute atomic E-state index is 11.8. The summed E-state index contributed by atoms with van der Waals surface area (Å²) < 4.78 is 17.4. The van der Waals surface area contributed by atoms with Gasteiger partial charge in [0.05, 0.1) is 6.42 Å². The fourth-order valence-corrected chi connectivity index (χ4v) is 5.46. The van der Waals surface area contributed by atoms with Crippen LogP contribution in [0.1, 0.15) is 32.8 Å². The van der Waals surface area contributed by atoms with Gasteiger partial charge >= 0.3 is 8.80 Å². The maximum Gasteiger partial charge on any atom is 0.500 e. The monoisotopic (exact) mass is 345 g/mol. The standard InChI is InChI=1S/C15H27NO4SSi/c1-4-18-22(19-5-2,20-6-3)11-7-9-16-15(17)12-14-8-10-21-13-14/h8,10,13H,4-7,9,11-12H2,1-3H3,(H,16,17). The van der Waals surface area contributed by atoms with Crippen molar-refractivity contribution in [2.75, 3.05) is 26.4 Å². The average Bonchev–Trinajstić information content (AvgIpc) is 2.97. The van der Waals surface area contributed by atoms with E-state index in [2.05, 4.69) is 5.32 Å². The van der Waals surface area contributed by atoms with E-state index in [0.29, 0.717) is 32.8 Å². The van der Waals surface area contributed by atoms with Gasteiger partial charge in [0.25, 0.3) is 0 Å². The van der Waals surface area contributed by atoms with Crippen LogP contribution in [0.15, 0.2) is 16.8 Å². The Morgan fingerprint density at radius 3 is 2.32 bits per heavy atom. The van der Waals surface area contributed by atoms with Crippen molar-refractivity contribution in [2.45, 2.75) is 39.7 Å². The van der Waals surface area contributed by atoms with Crippen LogP contribution in [0.3, 0.4) is 0 Å². The minimum absolute atomic E-state index is 0.0508. The fourth-order valence-electron chi connectivity index (χ4n) is 2.18. The van der Waals surface area contributed by atoms with Crippen LogP contribution in [0.2, 0.25) is 6.04 Å². The summed E-state index contributed by atoms with van der Waals surface area (Å²) in [6.07, 6.45) is 1.23. The van der Waals surface area contributed by atoms with Crippen LogP contribution in [-0.4, -0.2) is 41.1 Å². The molecule has 0 atom stereocenters. The Hall–Kier alpha value is -0.733. The molecular weight excluding hydrogens is 318 g/mol. The highest BCUT2D eigenvalue weighted by atomic mass is 32.1. The number of amides is 1. The summed E-state index contributed by atoms with van der Waals surface area (Å²) in [5.41, 5.74) is 1.06. The molecule has 1 heterocycles. The van der Waals surface area contributed by atoms with E-state index in [9.17, 15) is 4.79 Å². The van der Waals surface area contributed by atoms with E-state index in [1.165, 1.54) is 0 Å². The molecule has 1 rings (SSSR count). The molecule has 0 aliphatic carbocycles. The number of hydrogen-bond donors (Lipinski definition) is 1. The minimum Gasteiger partial charge on any atom is -0.374 e. The largest absolute Gasteiger partial charge is 0.500 e. The Labute approximate surface area is 138 Å². The van der Waals surface area contributed by atoms with E-state index in [1.807, 2.05) is 37.6 Å². The second kappa shape index (κ2) is 10.9. The highest BCUT2D eigenvalue weighted by Crippen LogP contribution is 2.17. The van der Waals surface area contributed by atoms with Gasteiger partial charge in [0.15, 0.2) is 0 Å². The zero-order chi connectivity index (χ0) is 16.3. The van der Waals surface area contributed by atoms with Gasteiger partial charge in [-0.15, -0.1) is 0 Å². The first-order chi connectivity index (χ1) is 10.7. The van der Waals surface area contributed by atoms with Crippen molar-refractivity contribution in [1.82, 2.24) is 5.32 Å². The quantitative estimate of drug-likeness (QED) is 0.467. The molecule has 7 heteroatoms. The number of hydrogen-bond acceptors (Lipinski definition) is 5. The van der Waals surface area contributed by atoms with Crippen molar-refractivity contribution in [3.63, 3.8) is 0 Å². The van der Waals surface area contributed by atoms with Gasteiger partial charge in [0.2, 0.25) is 5.91 Å². The lowest BCUT2D eigenvalue weighted by molar-refractivity contribution is -0.120. The van der Waals surface area contributed by atoms with Crippen molar-refractivity contribution in [3.05, 3.63) is 22.4 Å². The molecular formula is C15H27NO4SSi. The van der Waals surface area contributed by atoms with Gasteiger partial charge in [-0.3, -0.25) is 4.79 Å². The summed E-state index contributed by atoms with van der Waals surface area (Å²) in [5.74, 6) is 0.0508. The third-order valence-electron chi connectivity index (χ3n) is 3.02. The molecule has 0 saturated carbocycles. The van der Waals surface area contributed by atoms with E-state index < -0.39 is 8.80 Å². The zero-order valence-electron chi connectivity index (χ0n) is 13.7. The van der Waals surface area contributed by atoms with Crippen molar-refractivity contribution in [1.29, 1.82) is 0 Å². The molecule has 0 spiro atoms. The van der Waals surface area contributed by atoms with Gasteiger partial charge < -0.3 is 18.6 Å². The molecule has 1 N–H and O–H groups in total. The second-order valence-electron chi connectivity index (χ2n) is 4.74. The Balaban J connectivity index is 2.33. The van der Waals surface area contributed by atoms with Gasteiger partial charge in [-0.1, -0.05) is 0 Å². The second-order valence-corrected chi connectivity index (χ2v) is 8.26. The molecule has 1 aromatic rings. The number of carbonyl (C=O) groups is 1. The maximum atomic E-state index is 11.8. The molecule has 22 heavy (non-hydrogen) atoms. The number of thiophene rings is 1. The molecule has 1 amide bonds. The first kappa shape index (κ1) is 19.3. The van der Waals surface area contributed by atoms with Crippen LogP contribution in [0.5, 0.6) is 0 Å². The van der Waals surface area contributed by atoms with Crippen LogP contribution in [-0.2, 0) is 24.5 Å². The molecule has 126 valence electrons. The van der Waals surface area contributed by atoms with Crippen molar-refractivity contribution in [2.24, 2.45) is 0 Å². The lowest BCUT2D eigenvalue weighted by Gasteiger charge is -2.28. The zero-order valence-corrected chi connectivity index (χ0v) is 15.5. The number of nitrogens with one attached hydrogen (secondary N) is 1. The van der Waals surface area contributed by atoms with Crippen LogP contribution < -0.4 is 5.32 Å². The van der Waals surface area contributed by atoms with Crippen LogP contribution in [0.25, 0.3) is 0 Å². The van der Waals surface area contributed by atoms with Gasteiger partial charge in [0.1, 0.15) is 0 Å². The van der Waals surface area contributed by atoms with Crippen LogP contribution in [0, 0.1) is 0 Å². The molecule has 0 aromatic carbocycles. The van der Waals surface area contributed by atoms with Gasteiger partial charge in [-0.2, -0.15) is 11.3 Å². The van der Waals surface area contributed by atoms with Crippen molar-refractivity contribution >= 4 is 26.0 Å². The normalized spacial score (nSPS) is 11.6. The predicted molar refractivity (Wildman–Crippen MR) is 91.1 cm³/mol. The van der Waals surface area contributed by atoms with E-state index in [4.69, 9.17) is 13.3 Å². The lowest BCUT2D eigenvalue weighted by Crippen LogP contribution is -2.46. The molecule has 0 aliphatic heterocycles. The fraction of sp³-hybridized carbons (Fsp3) is 0.667. The van der Waals surface area contributed by atoms with Crippen molar-refractivity contribution < 1.29 is 18.1 Å². The van der Waals surface area contributed by atoms with Gasteiger partial charge in [-0.25, -0.2) is 0 Å². The first-order valence-electron chi connectivity index (χ1n) is 7.85. The molecule has 5 nitrogen and oxygen atoms in total. The molecule has 1 aromatic heterocycles. The van der Waals surface area contributed by atoms with Crippen LogP contribution in [0.4, 0.5) is 0 Å². The van der Waals surface area contributed by atoms with Gasteiger partial charge in [-0.05, 0) is 49.6 Å². The van der Waals surface area contributed by atoms with E-state index >= 15 is 0 Å². The topological polar surface area (TPSA) is 56.8 Å². The summed E-state index contributed by atoms with van der Waals surface area (Å²) in [6.45, 7) is 8.20. The Kier molecular flexibility index (Phi) is 9.57. The lowest BCUT2D eigenvalue weighted by atomic mass is 10.2. The Bertz CT molecular complexity index is 397. The first-order valence-corrected chi connectivity index (χ1v) is 10.7. The summed E-state index contributed by atoms with van der Waals surface area (Å²) in [6, 6.07) is 2.70. The third-order valence-corrected chi connectivity index (χ3v) is 6.90. The molecule has 0 radical (unpaired) electrons. The van der Waals surface area contributed by atoms with Crippen molar-refractivity contribution in [3.8, 4) is 0 Å². The SMILES string of the molecule is CCO[Si](CCCNC(=O)Cc1ccsc1)(OCC)OCC. The minimum atomic E-state index is -2.58. The van der Waals surface area contributed by atoms with Crippen LogP contribution >= 0.6 is 11.3 Å². The summed E-state index contributed by atoms with van der Waals surface area (Å²) in [5, 5.41) is 6.92. The third kappa shape index (κ3) is 7.02. The number of carbonyl (C=O) groups excluding carboxylic acids is 1. The summed E-state index contributed by atoms with van der Waals surface area (Å²) in [7, 11) is -2.58. The average molecular weight is 346 g/mol. The predicted octanol–water partition coefficient (Wildman–Crippen LogP) is 2.85. The van der Waals surface area contributed by atoms with E-state index in [-0.39, 0.29) is 5.91 Å².